The molecule has 3 heterocycles. The predicted molar refractivity (Wildman–Crippen MR) is 136 cm³/mol. The molecule has 1 amide bonds. The lowest BCUT2D eigenvalue weighted by Gasteiger charge is -2.48. The number of carbonyl (C=O) groups excluding carboxylic acids is 1. The molecule has 21 heteroatoms. The van der Waals surface area contributed by atoms with Gasteiger partial charge in [0.2, 0.25) is 5.91 Å². The van der Waals surface area contributed by atoms with Gasteiger partial charge in [-0.3, -0.25) is 4.79 Å². The number of nitrogens with one attached hydrogen (secondary N) is 1. The fraction of sp³-hybridized carbons (Fsp3) is 0.917. The first-order chi connectivity index (χ1) is 21.2. The number of aliphatic hydroxyl groups is 10. The number of hydrogen-bond donors (Lipinski definition) is 12. The minimum absolute atomic E-state index is 0.741. The van der Waals surface area contributed by atoms with Crippen LogP contribution >= 0.6 is 0 Å². The molecule has 16 atom stereocenters. The van der Waals surface area contributed by atoms with Crippen LogP contribution in [0.1, 0.15) is 13.3 Å². The van der Waals surface area contributed by atoms with Crippen LogP contribution in [0.15, 0.2) is 0 Å². The van der Waals surface area contributed by atoms with Crippen LogP contribution in [-0.2, 0) is 43.0 Å². The standard InChI is InChI=1S/C24H41NO20/c1-7(29)25-12-8(30)3-24(23(37)38,43-19(12)13(32)9(31)4-26)45-44-20-14(33)10(5-27)40-22(17(20)36)42-18-11(6-28)41-21(39-2)16(35)15(18)34/h8-22,26-28,30-36H,3-6H2,1-2H3,(H,25,29)(H,37,38)/t8-,9+,10+,11+,12+,13+,14-,15+,16+,17+,18+,19+,20-,21+,22-,24-/m0/s1. The van der Waals surface area contributed by atoms with Crippen LogP contribution in [0.2, 0.25) is 0 Å². The van der Waals surface area contributed by atoms with Crippen molar-refractivity contribution in [2.24, 2.45) is 0 Å². The highest BCUT2D eigenvalue weighted by molar-refractivity contribution is 5.76. The summed E-state index contributed by atoms with van der Waals surface area (Å²) in [6.45, 7) is -1.70. The number of rotatable bonds is 13. The number of aliphatic hydroxyl groups excluding tert-OH is 10. The third-order valence-corrected chi connectivity index (χ3v) is 7.65. The van der Waals surface area contributed by atoms with E-state index in [1.807, 2.05) is 0 Å². The first-order valence-corrected chi connectivity index (χ1v) is 13.8. The van der Waals surface area contributed by atoms with E-state index in [1.54, 1.807) is 0 Å². The number of carbonyl (C=O) groups is 2. The maximum absolute atomic E-state index is 12.4. The van der Waals surface area contributed by atoms with Gasteiger partial charge in [-0.25, -0.2) is 9.68 Å². The number of carboxylic acid groups (broad SMARTS) is 1. The Balaban J connectivity index is 1.86. The van der Waals surface area contributed by atoms with Crippen molar-refractivity contribution in [3.05, 3.63) is 0 Å². The monoisotopic (exact) mass is 663 g/mol. The van der Waals surface area contributed by atoms with Crippen LogP contribution in [0.3, 0.4) is 0 Å². The SMILES string of the molecule is CO[C@@H]1O[C@H](CO)[C@@H](O[C@@H]2O[C@H](CO)[C@H](O)[C@H](OO[C@]3(C(=O)O)C[C@H](O)[C@@H](NC(C)=O)[C@H]([C@H](O)[C@H](O)CO)O3)[C@H]2O)[C@H](O)[C@H]1O. The number of hydrogen-bond acceptors (Lipinski definition) is 19. The summed E-state index contributed by atoms with van der Waals surface area (Å²) in [6.07, 6.45) is -26.2. The fourth-order valence-corrected chi connectivity index (χ4v) is 5.19. The zero-order valence-electron chi connectivity index (χ0n) is 24.1. The van der Waals surface area contributed by atoms with E-state index in [9.17, 15) is 65.8 Å². The Bertz CT molecular complexity index is 975. The van der Waals surface area contributed by atoms with E-state index in [-0.39, 0.29) is 0 Å². The lowest BCUT2D eigenvalue weighted by atomic mass is 9.88. The molecular formula is C24H41NO20. The minimum Gasteiger partial charge on any atom is -0.477 e. The number of aliphatic carboxylic acids is 1. The lowest BCUT2D eigenvalue weighted by Crippen LogP contribution is -2.68. The number of methoxy groups -OCH3 is 1. The van der Waals surface area contributed by atoms with Crippen LogP contribution in [-0.4, -0.2) is 193 Å². The van der Waals surface area contributed by atoms with E-state index in [4.69, 9.17) is 33.5 Å². The molecule has 0 radical (unpaired) electrons. The highest BCUT2D eigenvalue weighted by atomic mass is 17.2. The quantitative estimate of drug-likeness (QED) is 0.0643. The van der Waals surface area contributed by atoms with Crippen molar-refractivity contribution in [1.82, 2.24) is 5.32 Å². The zero-order chi connectivity index (χ0) is 33.8. The molecule has 0 aromatic heterocycles. The summed E-state index contributed by atoms with van der Waals surface area (Å²) >= 11 is 0. The predicted octanol–water partition coefficient (Wildman–Crippen LogP) is -7.64. The highest BCUT2D eigenvalue weighted by Crippen LogP contribution is 2.36. The Morgan fingerprint density at radius 1 is 0.911 bits per heavy atom. The maximum atomic E-state index is 12.4. The topological polar surface area (TPSA) is 333 Å². The van der Waals surface area contributed by atoms with Crippen LogP contribution < -0.4 is 5.32 Å². The van der Waals surface area contributed by atoms with Gasteiger partial charge in [0.25, 0.3) is 0 Å². The summed E-state index contributed by atoms with van der Waals surface area (Å²) in [7, 11) is 1.16. The number of ether oxygens (including phenoxy) is 5. The van der Waals surface area contributed by atoms with Gasteiger partial charge in [-0.15, -0.1) is 0 Å². The molecule has 3 rings (SSSR count). The Kier molecular flexibility index (Phi) is 13.3. The molecule has 3 saturated heterocycles. The molecule has 45 heavy (non-hydrogen) atoms. The Morgan fingerprint density at radius 2 is 1.53 bits per heavy atom. The molecule has 3 aliphatic heterocycles. The molecule has 0 aromatic rings. The van der Waals surface area contributed by atoms with Gasteiger partial charge in [0.15, 0.2) is 18.7 Å². The maximum Gasteiger partial charge on any atom is 0.367 e. The van der Waals surface area contributed by atoms with E-state index in [0.29, 0.717) is 0 Å². The summed E-state index contributed by atoms with van der Waals surface area (Å²) in [6, 6.07) is -1.53. The number of amides is 1. The Hall–Kier alpha value is -1.74. The second kappa shape index (κ2) is 15.9. The molecule has 0 aromatic carbocycles. The van der Waals surface area contributed by atoms with Crippen molar-refractivity contribution >= 4 is 11.9 Å². The molecule has 21 nitrogen and oxygen atoms in total. The zero-order valence-corrected chi connectivity index (χ0v) is 24.1. The molecule has 0 unspecified atom stereocenters. The van der Waals surface area contributed by atoms with Crippen LogP contribution in [0.25, 0.3) is 0 Å². The largest absolute Gasteiger partial charge is 0.477 e. The fourth-order valence-electron chi connectivity index (χ4n) is 5.19. The van der Waals surface area contributed by atoms with Gasteiger partial charge in [0.1, 0.15) is 61.0 Å². The van der Waals surface area contributed by atoms with Gasteiger partial charge in [-0.05, 0) is 0 Å². The number of carboxylic acids is 1. The van der Waals surface area contributed by atoms with E-state index < -0.39 is 136 Å². The van der Waals surface area contributed by atoms with Gasteiger partial charge in [0.05, 0.1) is 32.0 Å². The van der Waals surface area contributed by atoms with Gasteiger partial charge < -0.3 is 85.2 Å². The Morgan fingerprint density at radius 3 is 2.07 bits per heavy atom. The van der Waals surface area contributed by atoms with Crippen LogP contribution in [0.4, 0.5) is 0 Å². The first-order valence-electron chi connectivity index (χ1n) is 13.8. The second-order valence-corrected chi connectivity index (χ2v) is 10.8. The Labute approximate surface area is 254 Å². The average molecular weight is 664 g/mol. The molecule has 262 valence electrons. The van der Waals surface area contributed by atoms with Crippen molar-refractivity contribution in [3.8, 4) is 0 Å². The lowest BCUT2D eigenvalue weighted by molar-refractivity contribution is -0.480. The minimum atomic E-state index is -3.04. The van der Waals surface area contributed by atoms with Crippen molar-refractivity contribution in [2.75, 3.05) is 26.9 Å². The molecule has 3 fully saturated rings. The van der Waals surface area contributed by atoms with E-state index in [0.717, 1.165) is 14.0 Å². The van der Waals surface area contributed by atoms with E-state index >= 15 is 0 Å². The van der Waals surface area contributed by atoms with Gasteiger partial charge in [-0.2, -0.15) is 4.89 Å². The van der Waals surface area contributed by atoms with E-state index in [2.05, 4.69) is 5.32 Å². The summed E-state index contributed by atoms with van der Waals surface area (Å²) in [4.78, 5) is 34.2. The third-order valence-electron chi connectivity index (χ3n) is 7.65. The summed E-state index contributed by atoms with van der Waals surface area (Å²) in [5.74, 6) is -5.75. The average Bonchev–Trinajstić information content (AvgIpc) is 3.00. The normalized spacial score (nSPS) is 43.8. The third kappa shape index (κ3) is 8.05. The summed E-state index contributed by atoms with van der Waals surface area (Å²) < 4.78 is 26.6. The van der Waals surface area contributed by atoms with Crippen molar-refractivity contribution < 1.29 is 99.2 Å². The van der Waals surface area contributed by atoms with Gasteiger partial charge in [-0.1, -0.05) is 0 Å². The molecular weight excluding hydrogens is 622 g/mol. The van der Waals surface area contributed by atoms with Crippen molar-refractivity contribution in [1.29, 1.82) is 0 Å². The van der Waals surface area contributed by atoms with Crippen LogP contribution in [0.5, 0.6) is 0 Å². The van der Waals surface area contributed by atoms with Gasteiger partial charge >= 0.3 is 11.8 Å². The van der Waals surface area contributed by atoms with Crippen molar-refractivity contribution in [2.45, 2.75) is 111 Å². The first kappa shape index (κ1) is 37.7. The highest BCUT2D eigenvalue weighted by Gasteiger charge is 2.58. The smallest absolute Gasteiger partial charge is 0.367 e. The molecule has 12 N–H and O–H groups in total. The van der Waals surface area contributed by atoms with Crippen molar-refractivity contribution in [3.63, 3.8) is 0 Å². The molecule has 0 spiro atoms. The molecule has 0 saturated carbocycles. The second-order valence-electron chi connectivity index (χ2n) is 10.8. The summed E-state index contributed by atoms with van der Waals surface area (Å²) in [5.41, 5.74) is 0. The molecule has 3 aliphatic rings. The van der Waals surface area contributed by atoms with Gasteiger partial charge in [0, 0.05) is 20.5 Å². The molecule has 0 bridgehead atoms. The van der Waals surface area contributed by atoms with Crippen LogP contribution in [0, 0.1) is 0 Å². The summed E-state index contributed by atoms with van der Waals surface area (Å²) in [5, 5.41) is 115. The molecule has 0 aliphatic carbocycles. The van der Waals surface area contributed by atoms with E-state index in [1.165, 1.54) is 0 Å².